The molecule has 3 nitrogen and oxygen atoms in total. The molecule has 3 heteroatoms. The van der Waals surface area contributed by atoms with Crippen LogP contribution in [0.2, 0.25) is 0 Å². The first-order valence-corrected chi connectivity index (χ1v) is 5.14. The van der Waals surface area contributed by atoms with Gasteiger partial charge in [-0.3, -0.25) is 0 Å². The van der Waals surface area contributed by atoms with Gasteiger partial charge in [0.25, 0.3) is 0 Å². The average molecular weight is 191 g/mol. The summed E-state index contributed by atoms with van der Waals surface area (Å²) in [7, 11) is 0. The summed E-state index contributed by atoms with van der Waals surface area (Å²) in [4.78, 5) is 8.57. The van der Waals surface area contributed by atoms with Crippen LogP contribution in [0.4, 0.5) is 0 Å². The van der Waals surface area contributed by atoms with Crippen molar-refractivity contribution >= 4 is 0 Å². The molecule has 1 heterocycles. The van der Waals surface area contributed by atoms with Gasteiger partial charge < -0.3 is 5.73 Å². The molecule has 1 aliphatic carbocycles. The van der Waals surface area contributed by atoms with Crippen molar-refractivity contribution in [3.05, 3.63) is 23.3 Å². The molecule has 1 aromatic rings. The number of nitrogens with zero attached hydrogens (tertiary/aromatic N) is 2. The predicted octanol–water partition coefficient (Wildman–Crippen LogP) is 1.45. The van der Waals surface area contributed by atoms with Gasteiger partial charge in [0.1, 0.15) is 6.33 Å². The third kappa shape index (κ3) is 1.64. The van der Waals surface area contributed by atoms with E-state index in [0.29, 0.717) is 12.0 Å². The number of hydrogen-bond donors (Lipinski definition) is 1. The average Bonchev–Trinajstić information content (AvgIpc) is 2.15. The molecule has 0 aromatic carbocycles. The summed E-state index contributed by atoms with van der Waals surface area (Å²) in [5, 5.41) is 0. The Labute approximate surface area is 84.8 Å². The lowest BCUT2D eigenvalue weighted by atomic mass is 9.75. The van der Waals surface area contributed by atoms with Crippen LogP contribution in [0.15, 0.2) is 6.33 Å². The van der Waals surface area contributed by atoms with E-state index in [4.69, 9.17) is 5.73 Å². The molecule has 0 fully saturated rings. The second-order valence-electron chi connectivity index (χ2n) is 4.79. The summed E-state index contributed by atoms with van der Waals surface area (Å²) < 4.78 is 0. The van der Waals surface area contributed by atoms with Crippen LogP contribution in [0.25, 0.3) is 0 Å². The second kappa shape index (κ2) is 3.31. The summed E-state index contributed by atoms with van der Waals surface area (Å²) in [6, 6.07) is 0. The van der Waals surface area contributed by atoms with Gasteiger partial charge in [-0.05, 0) is 30.2 Å². The normalized spacial score (nSPS) is 19.1. The van der Waals surface area contributed by atoms with E-state index in [9.17, 15) is 0 Å². The number of rotatable bonds is 1. The highest BCUT2D eigenvalue weighted by atomic mass is 14.9. The van der Waals surface area contributed by atoms with E-state index in [1.54, 1.807) is 6.33 Å². The van der Waals surface area contributed by atoms with Gasteiger partial charge in [0.05, 0.1) is 5.69 Å². The standard InChI is InChI=1S/C11H17N3/c1-11(2)4-3-9-8(5-11)10(6-12)14-7-13-9/h7H,3-6,12H2,1-2H3. The topological polar surface area (TPSA) is 51.8 Å². The molecular weight excluding hydrogens is 174 g/mol. The van der Waals surface area contributed by atoms with E-state index in [1.807, 2.05) is 0 Å². The van der Waals surface area contributed by atoms with Gasteiger partial charge in [-0.25, -0.2) is 9.97 Å². The number of fused-ring (bicyclic) bond motifs is 1. The summed E-state index contributed by atoms with van der Waals surface area (Å²) >= 11 is 0. The molecule has 1 aromatic heterocycles. The van der Waals surface area contributed by atoms with Crippen molar-refractivity contribution in [1.82, 2.24) is 9.97 Å². The maximum atomic E-state index is 5.67. The van der Waals surface area contributed by atoms with Crippen molar-refractivity contribution in [2.24, 2.45) is 11.1 Å². The molecular formula is C11H17N3. The van der Waals surface area contributed by atoms with Crippen LogP contribution in [0, 0.1) is 5.41 Å². The van der Waals surface area contributed by atoms with Gasteiger partial charge in [-0.15, -0.1) is 0 Å². The lowest BCUT2D eigenvalue weighted by molar-refractivity contribution is 0.310. The summed E-state index contributed by atoms with van der Waals surface area (Å²) in [5.74, 6) is 0. The van der Waals surface area contributed by atoms with Crippen molar-refractivity contribution < 1.29 is 0 Å². The highest BCUT2D eigenvalue weighted by Crippen LogP contribution is 2.34. The Morgan fingerprint density at radius 3 is 2.93 bits per heavy atom. The minimum absolute atomic E-state index is 0.377. The van der Waals surface area contributed by atoms with E-state index in [-0.39, 0.29) is 0 Å². The molecule has 0 bridgehead atoms. The minimum atomic E-state index is 0.377. The van der Waals surface area contributed by atoms with Gasteiger partial charge in [-0.1, -0.05) is 13.8 Å². The van der Waals surface area contributed by atoms with E-state index in [1.165, 1.54) is 17.7 Å². The molecule has 0 aliphatic heterocycles. The van der Waals surface area contributed by atoms with Gasteiger partial charge >= 0.3 is 0 Å². The van der Waals surface area contributed by atoms with Crippen LogP contribution in [-0.2, 0) is 19.4 Å². The molecule has 0 atom stereocenters. The van der Waals surface area contributed by atoms with Crippen LogP contribution in [-0.4, -0.2) is 9.97 Å². The van der Waals surface area contributed by atoms with Crippen molar-refractivity contribution in [1.29, 1.82) is 0 Å². The fraction of sp³-hybridized carbons (Fsp3) is 0.636. The Balaban J connectivity index is 2.43. The Bertz CT molecular complexity index is 330. The number of aryl methyl sites for hydroxylation is 1. The Kier molecular flexibility index (Phi) is 2.27. The van der Waals surface area contributed by atoms with Gasteiger partial charge in [0.15, 0.2) is 0 Å². The quantitative estimate of drug-likeness (QED) is 0.731. The highest BCUT2D eigenvalue weighted by Gasteiger charge is 2.27. The van der Waals surface area contributed by atoms with Crippen LogP contribution in [0.1, 0.15) is 37.2 Å². The molecule has 2 N–H and O–H groups in total. The third-order valence-corrected chi connectivity index (χ3v) is 3.01. The summed E-state index contributed by atoms with van der Waals surface area (Å²) in [5.41, 5.74) is 9.58. The van der Waals surface area contributed by atoms with Crippen LogP contribution in [0.3, 0.4) is 0 Å². The Morgan fingerprint density at radius 2 is 2.21 bits per heavy atom. The largest absolute Gasteiger partial charge is 0.325 e. The van der Waals surface area contributed by atoms with Gasteiger partial charge in [-0.2, -0.15) is 0 Å². The SMILES string of the molecule is CC1(C)CCc2ncnc(CN)c2C1. The summed E-state index contributed by atoms with van der Waals surface area (Å²) in [6.07, 6.45) is 4.98. The van der Waals surface area contributed by atoms with E-state index in [2.05, 4.69) is 23.8 Å². The Hall–Kier alpha value is -0.960. The number of hydrogen-bond acceptors (Lipinski definition) is 3. The first-order chi connectivity index (χ1) is 6.62. The lowest BCUT2D eigenvalue weighted by Gasteiger charge is -2.31. The zero-order valence-electron chi connectivity index (χ0n) is 8.88. The van der Waals surface area contributed by atoms with E-state index >= 15 is 0 Å². The van der Waals surface area contributed by atoms with Crippen LogP contribution in [0.5, 0.6) is 0 Å². The maximum Gasteiger partial charge on any atom is 0.116 e. The third-order valence-electron chi connectivity index (χ3n) is 3.01. The van der Waals surface area contributed by atoms with Crippen molar-refractivity contribution in [2.75, 3.05) is 0 Å². The van der Waals surface area contributed by atoms with Gasteiger partial charge in [0.2, 0.25) is 0 Å². The minimum Gasteiger partial charge on any atom is -0.325 e. The smallest absolute Gasteiger partial charge is 0.116 e. The van der Waals surface area contributed by atoms with Gasteiger partial charge in [0, 0.05) is 12.2 Å². The van der Waals surface area contributed by atoms with Crippen LogP contribution < -0.4 is 5.73 Å². The molecule has 0 unspecified atom stereocenters. The zero-order valence-corrected chi connectivity index (χ0v) is 8.88. The fourth-order valence-electron chi connectivity index (χ4n) is 2.11. The highest BCUT2D eigenvalue weighted by molar-refractivity contribution is 5.28. The monoisotopic (exact) mass is 191 g/mol. The molecule has 1 aliphatic rings. The second-order valence-corrected chi connectivity index (χ2v) is 4.79. The van der Waals surface area contributed by atoms with Crippen LogP contribution >= 0.6 is 0 Å². The molecule has 0 radical (unpaired) electrons. The van der Waals surface area contributed by atoms with E-state index in [0.717, 1.165) is 18.5 Å². The lowest BCUT2D eigenvalue weighted by Crippen LogP contribution is -2.25. The molecule has 2 rings (SSSR count). The fourth-order valence-corrected chi connectivity index (χ4v) is 2.11. The maximum absolute atomic E-state index is 5.67. The van der Waals surface area contributed by atoms with E-state index < -0.39 is 0 Å². The molecule has 14 heavy (non-hydrogen) atoms. The molecule has 0 saturated heterocycles. The van der Waals surface area contributed by atoms with Crippen molar-refractivity contribution in [3.8, 4) is 0 Å². The first kappa shape index (κ1) is 9.59. The molecule has 0 amide bonds. The Morgan fingerprint density at radius 1 is 1.43 bits per heavy atom. The molecule has 0 saturated carbocycles. The molecule has 0 spiro atoms. The summed E-state index contributed by atoms with van der Waals surface area (Å²) in [6.45, 7) is 5.12. The predicted molar refractivity (Wildman–Crippen MR) is 55.7 cm³/mol. The number of nitrogens with two attached hydrogens (primary N) is 1. The van der Waals surface area contributed by atoms with Crippen molar-refractivity contribution in [2.45, 2.75) is 39.7 Å². The van der Waals surface area contributed by atoms with Crippen molar-refractivity contribution in [3.63, 3.8) is 0 Å². The molecule has 76 valence electrons. The zero-order chi connectivity index (χ0) is 10.2. The first-order valence-electron chi connectivity index (χ1n) is 5.14. The number of aromatic nitrogens is 2.